The first kappa shape index (κ1) is 31.6. The molecular weight excluding hydrogens is 537 g/mol. The molecule has 14 heteroatoms. The molecule has 0 aliphatic carbocycles. The van der Waals surface area contributed by atoms with Gasteiger partial charge in [0.2, 0.25) is 5.91 Å². The molecule has 1 heterocycles. The SMILES string of the molecule is CC(C)CN1C(=O)CN(CCC(=O)O)C(=O)c2cc(OCc3ccc(C(=N)N)cc3)ccc21.O=C(O)C(F)(F)F. The Bertz CT molecular complexity index is 1260. The van der Waals surface area contributed by atoms with Crippen LogP contribution in [0, 0.1) is 11.3 Å². The zero-order valence-corrected chi connectivity index (χ0v) is 21.7. The van der Waals surface area contributed by atoms with Crippen LogP contribution >= 0.6 is 0 Å². The number of rotatable bonds is 9. The lowest BCUT2D eigenvalue weighted by Crippen LogP contribution is -2.41. The highest BCUT2D eigenvalue weighted by Crippen LogP contribution is 2.30. The van der Waals surface area contributed by atoms with Crippen LogP contribution < -0.4 is 15.4 Å². The number of benzene rings is 2. The number of fused-ring (bicyclic) bond motifs is 1. The van der Waals surface area contributed by atoms with Gasteiger partial charge < -0.3 is 30.5 Å². The third kappa shape index (κ3) is 8.99. The number of carbonyl (C=O) groups is 4. The summed E-state index contributed by atoms with van der Waals surface area (Å²) in [4.78, 5) is 48.9. The van der Waals surface area contributed by atoms with Crippen molar-refractivity contribution in [2.24, 2.45) is 11.7 Å². The van der Waals surface area contributed by atoms with Gasteiger partial charge in [0.05, 0.1) is 17.7 Å². The number of halogens is 3. The van der Waals surface area contributed by atoms with E-state index in [0.717, 1.165) is 5.56 Å². The fraction of sp³-hybridized carbons (Fsp3) is 0.346. The molecule has 0 saturated carbocycles. The van der Waals surface area contributed by atoms with Gasteiger partial charge in [-0.1, -0.05) is 38.1 Å². The molecule has 0 spiro atoms. The quantitative estimate of drug-likeness (QED) is 0.265. The molecule has 11 nitrogen and oxygen atoms in total. The van der Waals surface area contributed by atoms with E-state index < -0.39 is 24.0 Å². The van der Waals surface area contributed by atoms with E-state index in [1.54, 1.807) is 35.2 Å². The fourth-order valence-electron chi connectivity index (χ4n) is 3.56. The summed E-state index contributed by atoms with van der Waals surface area (Å²) in [5, 5.41) is 23.6. The van der Waals surface area contributed by atoms with Crippen LogP contribution in [0.25, 0.3) is 0 Å². The molecule has 0 radical (unpaired) electrons. The summed E-state index contributed by atoms with van der Waals surface area (Å²) >= 11 is 0. The Morgan fingerprint density at radius 2 is 1.70 bits per heavy atom. The van der Waals surface area contributed by atoms with Crippen molar-refractivity contribution in [2.45, 2.75) is 33.1 Å². The highest BCUT2D eigenvalue weighted by atomic mass is 19.4. The van der Waals surface area contributed by atoms with E-state index in [9.17, 15) is 27.6 Å². The second-order valence-electron chi connectivity index (χ2n) is 9.15. The maximum absolute atomic E-state index is 13.2. The number of anilines is 1. The van der Waals surface area contributed by atoms with E-state index in [1.807, 2.05) is 26.0 Å². The molecular formula is C26H29F3N4O7. The largest absolute Gasteiger partial charge is 0.490 e. The van der Waals surface area contributed by atoms with Gasteiger partial charge in [0.25, 0.3) is 5.91 Å². The molecule has 0 unspecified atom stereocenters. The van der Waals surface area contributed by atoms with Gasteiger partial charge in [-0.3, -0.25) is 19.8 Å². The minimum Gasteiger partial charge on any atom is -0.489 e. The van der Waals surface area contributed by atoms with Gasteiger partial charge in [-0.05, 0) is 29.7 Å². The van der Waals surface area contributed by atoms with Gasteiger partial charge in [-0.2, -0.15) is 13.2 Å². The van der Waals surface area contributed by atoms with Crippen LogP contribution in [0.3, 0.4) is 0 Å². The summed E-state index contributed by atoms with van der Waals surface area (Å²) in [5.74, 6) is -3.83. The molecule has 0 atom stereocenters. The molecule has 0 bridgehead atoms. The maximum atomic E-state index is 13.2. The Morgan fingerprint density at radius 3 is 2.20 bits per heavy atom. The van der Waals surface area contributed by atoms with E-state index >= 15 is 0 Å². The summed E-state index contributed by atoms with van der Waals surface area (Å²) in [7, 11) is 0. The normalized spacial score (nSPS) is 13.2. The Hall–Kier alpha value is -4.62. The Labute approximate surface area is 227 Å². The second kappa shape index (κ2) is 13.4. The lowest BCUT2D eigenvalue weighted by Gasteiger charge is -2.24. The number of nitrogens with two attached hydrogens (primary N) is 1. The Balaban J connectivity index is 0.000000708. The molecule has 216 valence electrons. The smallest absolute Gasteiger partial charge is 0.489 e. The highest BCUT2D eigenvalue weighted by Gasteiger charge is 2.38. The molecule has 40 heavy (non-hydrogen) atoms. The number of carbonyl (C=O) groups excluding carboxylic acids is 2. The number of alkyl halides is 3. The van der Waals surface area contributed by atoms with Crippen molar-refractivity contribution in [3.05, 3.63) is 59.2 Å². The van der Waals surface area contributed by atoms with Gasteiger partial charge in [0, 0.05) is 18.7 Å². The van der Waals surface area contributed by atoms with Crippen molar-refractivity contribution in [1.82, 2.24) is 4.90 Å². The van der Waals surface area contributed by atoms with Crippen LogP contribution in [0.1, 0.15) is 41.8 Å². The molecule has 2 aromatic rings. The van der Waals surface area contributed by atoms with Gasteiger partial charge in [-0.15, -0.1) is 0 Å². The number of aliphatic carboxylic acids is 2. The topological polar surface area (TPSA) is 174 Å². The van der Waals surface area contributed by atoms with Crippen LogP contribution in [0.2, 0.25) is 0 Å². The minimum atomic E-state index is -5.08. The predicted octanol–water partition coefficient (Wildman–Crippen LogP) is 3.10. The number of nitrogens with zero attached hydrogens (tertiary/aromatic N) is 2. The highest BCUT2D eigenvalue weighted by molar-refractivity contribution is 6.10. The van der Waals surface area contributed by atoms with E-state index in [-0.39, 0.29) is 43.8 Å². The van der Waals surface area contributed by atoms with E-state index in [0.29, 0.717) is 29.1 Å². The monoisotopic (exact) mass is 566 g/mol. The number of carboxylic acids is 2. The number of amidine groups is 1. The number of hydrogen-bond donors (Lipinski definition) is 4. The first-order chi connectivity index (χ1) is 18.6. The van der Waals surface area contributed by atoms with E-state index in [4.69, 9.17) is 30.9 Å². The van der Waals surface area contributed by atoms with Gasteiger partial charge >= 0.3 is 18.1 Å². The second-order valence-corrected chi connectivity index (χ2v) is 9.15. The van der Waals surface area contributed by atoms with Crippen molar-refractivity contribution in [3.63, 3.8) is 0 Å². The van der Waals surface area contributed by atoms with Crippen LogP contribution in [-0.2, 0) is 21.0 Å². The molecule has 0 saturated heterocycles. The number of nitrogen functional groups attached to an aromatic ring is 1. The standard InChI is InChI=1S/C24H28N4O5.C2HF3O2/c1-15(2)12-28-20-8-7-18(33-14-16-3-5-17(6-4-16)23(25)26)11-19(20)24(32)27(13-21(28)29)10-9-22(30)31;3-2(4,5)1(6)7/h3-8,11,15H,9-10,12-14H2,1-2H3,(H3,25,26)(H,30,31);(H,6,7). The van der Waals surface area contributed by atoms with Crippen molar-refractivity contribution in [1.29, 1.82) is 5.41 Å². The van der Waals surface area contributed by atoms with E-state index in [2.05, 4.69) is 0 Å². The zero-order chi connectivity index (χ0) is 30.2. The summed E-state index contributed by atoms with van der Waals surface area (Å²) in [5.41, 5.74) is 7.75. The average molecular weight is 567 g/mol. The summed E-state index contributed by atoms with van der Waals surface area (Å²) in [6.45, 7) is 4.42. The third-order valence-electron chi connectivity index (χ3n) is 5.46. The van der Waals surface area contributed by atoms with Gasteiger partial charge in [0.1, 0.15) is 24.7 Å². The van der Waals surface area contributed by atoms with Gasteiger partial charge in [-0.25, -0.2) is 4.79 Å². The average Bonchev–Trinajstić information content (AvgIpc) is 2.96. The van der Waals surface area contributed by atoms with Crippen molar-refractivity contribution in [2.75, 3.05) is 24.5 Å². The fourth-order valence-corrected chi connectivity index (χ4v) is 3.56. The number of carboxylic acid groups (broad SMARTS) is 2. The molecule has 0 aromatic heterocycles. The van der Waals surface area contributed by atoms with Gasteiger partial charge in [0.15, 0.2) is 0 Å². The molecule has 1 aliphatic heterocycles. The van der Waals surface area contributed by atoms with Crippen molar-refractivity contribution < 1.29 is 47.3 Å². The summed E-state index contributed by atoms with van der Waals surface area (Å²) in [6, 6.07) is 12.1. The van der Waals surface area contributed by atoms with Crippen LogP contribution in [0.4, 0.5) is 18.9 Å². The summed E-state index contributed by atoms with van der Waals surface area (Å²) < 4.78 is 37.6. The van der Waals surface area contributed by atoms with Crippen LogP contribution in [-0.4, -0.2) is 70.5 Å². The molecule has 5 N–H and O–H groups in total. The molecule has 1 aliphatic rings. The first-order valence-electron chi connectivity index (χ1n) is 11.9. The Kier molecular flexibility index (Phi) is 10.6. The Morgan fingerprint density at radius 1 is 1.10 bits per heavy atom. The number of nitrogens with one attached hydrogen (secondary N) is 1. The molecule has 2 amide bonds. The minimum absolute atomic E-state index is 0.0142. The number of ether oxygens (including phenoxy) is 1. The zero-order valence-electron chi connectivity index (χ0n) is 21.7. The molecule has 2 aromatic carbocycles. The number of hydrogen-bond acceptors (Lipinski definition) is 6. The van der Waals surface area contributed by atoms with Crippen molar-refractivity contribution >= 4 is 35.3 Å². The third-order valence-corrected chi connectivity index (χ3v) is 5.46. The molecule has 0 fully saturated rings. The van der Waals surface area contributed by atoms with Crippen LogP contribution in [0.5, 0.6) is 5.75 Å². The predicted molar refractivity (Wildman–Crippen MR) is 137 cm³/mol. The lowest BCUT2D eigenvalue weighted by atomic mass is 10.1. The lowest BCUT2D eigenvalue weighted by molar-refractivity contribution is -0.192. The molecule has 3 rings (SSSR count). The first-order valence-corrected chi connectivity index (χ1v) is 11.9. The van der Waals surface area contributed by atoms with Crippen LogP contribution in [0.15, 0.2) is 42.5 Å². The van der Waals surface area contributed by atoms with Crippen molar-refractivity contribution in [3.8, 4) is 5.75 Å². The van der Waals surface area contributed by atoms with E-state index in [1.165, 1.54) is 4.90 Å². The summed E-state index contributed by atoms with van der Waals surface area (Å²) in [6.07, 6.45) is -5.33. The maximum Gasteiger partial charge on any atom is 0.490 e. The number of amides is 2.